The van der Waals surface area contributed by atoms with E-state index in [1.54, 1.807) is 0 Å². The first-order chi connectivity index (χ1) is 5.97. The lowest BCUT2D eigenvalue weighted by Gasteiger charge is -2.34. The van der Waals surface area contributed by atoms with Crippen LogP contribution in [0.2, 0.25) is 0 Å². The number of hydrogen-bond donors (Lipinski definition) is 1. The van der Waals surface area contributed by atoms with E-state index in [1.807, 2.05) is 0 Å². The molecule has 2 aliphatic rings. The molecule has 12 heavy (non-hydrogen) atoms. The topological polar surface area (TPSA) is 21.3 Å². The molecule has 2 atom stereocenters. The molecule has 2 fully saturated rings. The van der Waals surface area contributed by atoms with Gasteiger partial charge in [0.1, 0.15) is 0 Å². The van der Waals surface area contributed by atoms with Gasteiger partial charge in [0.05, 0.1) is 12.7 Å². The van der Waals surface area contributed by atoms with Gasteiger partial charge in [0, 0.05) is 12.6 Å². The van der Waals surface area contributed by atoms with E-state index in [-0.39, 0.29) is 0 Å². The quantitative estimate of drug-likeness (QED) is 0.596. The average Bonchev–Trinajstić information content (AvgIpc) is 2.06. The van der Waals surface area contributed by atoms with Crippen LogP contribution in [0, 0.1) is 0 Å². The number of nitrogens with one attached hydrogen (secondary N) is 1. The van der Waals surface area contributed by atoms with Crippen molar-refractivity contribution in [3.8, 4) is 0 Å². The maximum absolute atomic E-state index is 5.75. The van der Waals surface area contributed by atoms with Crippen LogP contribution in [0.5, 0.6) is 0 Å². The van der Waals surface area contributed by atoms with E-state index in [0.717, 1.165) is 13.2 Å². The van der Waals surface area contributed by atoms with Gasteiger partial charge in [-0.3, -0.25) is 0 Å². The van der Waals surface area contributed by atoms with Gasteiger partial charge < -0.3 is 10.1 Å². The molecule has 0 bridgehead atoms. The third kappa shape index (κ3) is 1.99. The van der Waals surface area contributed by atoms with Gasteiger partial charge in [-0.1, -0.05) is 25.7 Å². The van der Waals surface area contributed by atoms with E-state index >= 15 is 0 Å². The predicted molar refractivity (Wildman–Crippen MR) is 49.2 cm³/mol. The zero-order valence-electron chi connectivity index (χ0n) is 7.72. The second kappa shape index (κ2) is 4.24. The molecule has 1 N–H and O–H groups in total. The third-order valence-electron chi connectivity index (χ3n) is 3.04. The molecule has 0 amide bonds. The molecule has 2 heteroatoms. The van der Waals surface area contributed by atoms with E-state index in [1.165, 1.54) is 38.5 Å². The molecular weight excluding hydrogens is 150 g/mol. The highest BCUT2D eigenvalue weighted by Gasteiger charge is 2.25. The molecule has 0 aromatic carbocycles. The van der Waals surface area contributed by atoms with Crippen LogP contribution >= 0.6 is 0 Å². The van der Waals surface area contributed by atoms with E-state index in [9.17, 15) is 0 Å². The van der Waals surface area contributed by atoms with Crippen LogP contribution in [0.25, 0.3) is 0 Å². The van der Waals surface area contributed by atoms with Crippen molar-refractivity contribution in [2.75, 3.05) is 13.2 Å². The Hall–Kier alpha value is -0.0800. The lowest BCUT2D eigenvalue weighted by atomic mass is 9.93. The molecule has 1 aliphatic carbocycles. The summed E-state index contributed by atoms with van der Waals surface area (Å²) in [5, 5.41) is 3.56. The summed E-state index contributed by atoms with van der Waals surface area (Å²) >= 11 is 0. The van der Waals surface area contributed by atoms with Crippen molar-refractivity contribution < 1.29 is 4.74 Å². The van der Waals surface area contributed by atoms with Crippen LogP contribution in [-0.2, 0) is 4.74 Å². The van der Waals surface area contributed by atoms with Gasteiger partial charge in [-0.15, -0.1) is 0 Å². The molecule has 2 rings (SSSR count). The van der Waals surface area contributed by atoms with Crippen molar-refractivity contribution in [3.05, 3.63) is 0 Å². The molecule has 0 aromatic rings. The van der Waals surface area contributed by atoms with Gasteiger partial charge in [0.25, 0.3) is 0 Å². The van der Waals surface area contributed by atoms with Gasteiger partial charge in [0.2, 0.25) is 0 Å². The zero-order chi connectivity index (χ0) is 8.23. The Bertz CT molecular complexity index is 122. The minimum absolute atomic E-state index is 0.527. The highest BCUT2D eigenvalue weighted by Crippen LogP contribution is 2.21. The van der Waals surface area contributed by atoms with Crippen LogP contribution in [0.3, 0.4) is 0 Å². The Morgan fingerprint density at radius 1 is 1.00 bits per heavy atom. The summed E-state index contributed by atoms with van der Waals surface area (Å²) in [4.78, 5) is 0. The molecule has 1 saturated carbocycles. The first kappa shape index (κ1) is 8.52. The summed E-state index contributed by atoms with van der Waals surface area (Å²) in [5.74, 6) is 0. The molecule has 70 valence electrons. The largest absolute Gasteiger partial charge is 0.375 e. The second-order valence-electron chi connectivity index (χ2n) is 3.96. The Morgan fingerprint density at radius 3 is 2.75 bits per heavy atom. The Kier molecular flexibility index (Phi) is 3.01. The number of rotatable bonds is 0. The molecule has 0 aromatic heterocycles. The van der Waals surface area contributed by atoms with Gasteiger partial charge in [-0.25, -0.2) is 0 Å². The Labute approximate surface area is 74.7 Å². The van der Waals surface area contributed by atoms with Crippen molar-refractivity contribution in [2.45, 2.75) is 50.7 Å². The van der Waals surface area contributed by atoms with Crippen LogP contribution in [0.15, 0.2) is 0 Å². The molecule has 2 nitrogen and oxygen atoms in total. The van der Waals surface area contributed by atoms with Gasteiger partial charge in [0.15, 0.2) is 0 Å². The van der Waals surface area contributed by atoms with Crippen molar-refractivity contribution in [2.24, 2.45) is 0 Å². The van der Waals surface area contributed by atoms with Crippen LogP contribution in [0.4, 0.5) is 0 Å². The highest BCUT2D eigenvalue weighted by molar-refractivity contribution is 4.82. The highest BCUT2D eigenvalue weighted by atomic mass is 16.5. The monoisotopic (exact) mass is 169 g/mol. The molecular formula is C10H19NO. The Morgan fingerprint density at radius 2 is 1.83 bits per heavy atom. The van der Waals surface area contributed by atoms with Crippen LogP contribution in [-0.4, -0.2) is 25.3 Å². The maximum atomic E-state index is 5.75. The number of ether oxygens (including phenoxy) is 1. The fraction of sp³-hybridized carbons (Fsp3) is 1.00. The summed E-state index contributed by atoms with van der Waals surface area (Å²) in [6.45, 7) is 1.97. The summed E-state index contributed by atoms with van der Waals surface area (Å²) in [5.41, 5.74) is 0. The fourth-order valence-corrected chi connectivity index (χ4v) is 2.34. The van der Waals surface area contributed by atoms with E-state index in [0.29, 0.717) is 12.1 Å². The average molecular weight is 169 g/mol. The van der Waals surface area contributed by atoms with Crippen molar-refractivity contribution in [3.63, 3.8) is 0 Å². The number of morpholine rings is 1. The minimum atomic E-state index is 0.527. The van der Waals surface area contributed by atoms with Crippen LogP contribution < -0.4 is 5.32 Å². The second-order valence-corrected chi connectivity index (χ2v) is 3.96. The molecule has 0 spiro atoms. The van der Waals surface area contributed by atoms with Crippen LogP contribution in [0.1, 0.15) is 38.5 Å². The van der Waals surface area contributed by atoms with E-state index < -0.39 is 0 Å². The number of fused-ring (bicyclic) bond motifs is 1. The SMILES string of the molecule is C1CCC[C@H]2OCCN[C@@H]2CC1. The lowest BCUT2D eigenvalue weighted by molar-refractivity contribution is -0.0154. The molecule has 0 unspecified atom stereocenters. The molecule has 1 saturated heterocycles. The van der Waals surface area contributed by atoms with Gasteiger partial charge in [-0.2, -0.15) is 0 Å². The summed E-state index contributed by atoms with van der Waals surface area (Å²) in [7, 11) is 0. The van der Waals surface area contributed by atoms with Crippen molar-refractivity contribution in [1.82, 2.24) is 5.32 Å². The standard InChI is InChI=1S/C10H19NO/c1-2-4-6-10-9(5-3-1)11-7-8-12-10/h9-11H,1-8H2/t9-,10-/m1/s1. The van der Waals surface area contributed by atoms with E-state index in [2.05, 4.69) is 5.32 Å². The first-order valence-corrected chi connectivity index (χ1v) is 5.32. The van der Waals surface area contributed by atoms with Gasteiger partial charge >= 0.3 is 0 Å². The first-order valence-electron chi connectivity index (χ1n) is 5.32. The smallest absolute Gasteiger partial charge is 0.0728 e. The normalized spacial score (nSPS) is 38.0. The summed E-state index contributed by atoms with van der Waals surface area (Å²) in [6, 6.07) is 0.666. The zero-order valence-corrected chi connectivity index (χ0v) is 7.72. The van der Waals surface area contributed by atoms with Crippen molar-refractivity contribution >= 4 is 0 Å². The number of hydrogen-bond acceptors (Lipinski definition) is 2. The minimum Gasteiger partial charge on any atom is -0.375 e. The fourth-order valence-electron chi connectivity index (χ4n) is 2.34. The summed E-state index contributed by atoms with van der Waals surface area (Å²) < 4.78 is 5.75. The maximum Gasteiger partial charge on any atom is 0.0728 e. The lowest BCUT2D eigenvalue weighted by Crippen LogP contribution is -2.48. The molecule has 1 aliphatic heterocycles. The van der Waals surface area contributed by atoms with Gasteiger partial charge in [-0.05, 0) is 12.8 Å². The predicted octanol–water partition coefficient (Wildman–Crippen LogP) is 1.70. The third-order valence-corrected chi connectivity index (χ3v) is 3.04. The molecule has 0 radical (unpaired) electrons. The Balaban J connectivity index is 1.89. The summed E-state index contributed by atoms with van der Waals surface area (Å²) in [6.07, 6.45) is 8.71. The molecule has 1 heterocycles. The van der Waals surface area contributed by atoms with E-state index in [4.69, 9.17) is 4.74 Å². The van der Waals surface area contributed by atoms with Crippen molar-refractivity contribution in [1.29, 1.82) is 0 Å².